The van der Waals surface area contributed by atoms with Crippen molar-refractivity contribution in [2.24, 2.45) is 0 Å². The first-order valence-electron chi connectivity index (χ1n) is 25.7. The summed E-state index contributed by atoms with van der Waals surface area (Å²) in [6.45, 7) is 33.5. The van der Waals surface area contributed by atoms with Crippen LogP contribution in [0.1, 0.15) is 146 Å². The molecule has 2 atom stereocenters. The van der Waals surface area contributed by atoms with Gasteiger partial charge in [-0.2, -0.15) is 0 Å². The molecule has 2 unspecified atom stereocenters. The molecular weight excluding hydrogens is 889 g/mol. The number of ether oxygens (including phenoxy) is 4. The van der Waals surface area contributed by atoms with E-state index in [1.165, 1.54) is 0 Å². The normalized spacial score (nSPS) is 22.4. The third-order valence-corrected chi connectivity index (χ3v) is 14.0. The highest BCUT2D eigenvalue weighted by Gasteiger charge is 2.44. The lowest BCUT2D eigenvalue weighted by Crippen LogP contribution is -2.53. The Labute approximate surface area is 418 Å². The zero-order chi connectivity index (χ0) is 51.5. The molecule has 6 rings (SSSR count). The number of nitrogens with zero attached hydrogens (tertiary/aromatic N) is 4. The lowest BCUT2D eigenvalue weighted by Gasteiger charge is -2.43. The number of rotatable bonds is 12. The molecule has 4 aliphatic heterocycles. The number of anilines is 4. The van der Waals surface area contributed by atoms with Gasteiger partial charge in [0.25, 0.3) is 0 Å². The van der Waals surface area contributed by atoms with Gasteiger partial charge in [0, 0.05) is 75.5 Å². The van der Waals surface area contributed by atoms with Gasteiger partial charge in [-0.3, -0.25) is 20.4 Å². The Balaban J connectivity index is 1.01. The van der Waals surface area contributed by atoms with Crippen molar-refractivity contribution in [1.82, 2.24) is 19.6 Å². The quantitative estimate of drug-likeness (QED) is 0.149. The highest BCUT2D eigenvalue weighted by atomic mass is 16.6. The Morgan fingerprint density at radius 1 is 0.557 bits per heavy atom. The van der Waals surface area contributed by atoms with Gasteiger partial charge < -0.3 is 39.4 Å². The minimum Gasteiger partial charge on any atom is -0.444 e. The van der Waals surface area contributed by atoms with Gasteiger partial charge in [0.1, 0.15) is 22.4 Å². The van der Waals surface area contributed by atoms with Crippen molar-refractivity contribution < 1.29 is 38.1 Å². The third kappa shape index (κ3) is 15.5. The van der Waals surface area contributed by atoms with Gasteiger partial charge in [0.15, 0.2) is 0 Å². The zero-order valence-corrected chi connectivity index (χ0v) is 45.0. The average molecular weight is 975 g/mol. The van der Waals surface area contributed by atoms with Crippen molar-refractivity contribution >= 4 is 47.1 Å². The van der Waals surface area contributed by atoms with Crippen LogP contribution in [0.4, 0.5) is 41.9 Å². The van der Waals surface area contributed by atoms with Crippen LogP contribution in [0.15, 0.2) is 36.4 Å². The number of amides is 4. The Morgan fingerprint density at radius 2 is 1.00 bits per heavy atom. The first-order chi connectivity index (χ1) is 32.5. The van der Waals surface area contributed by atoms with E-state index in [4.69, 9.17) is 18.9 Å². The maximum atomic E-state index is 13.6. The summed E-state index contributed by atoms with van der Waals surface area (Å²) in [5, 5.41) is 13.5. The molecule has 0 aliphatic carbocycles. The fraction of sp³-hybridized carbons (Fsp3) is 0.704. The minimum atomic E-state index is -0.811. The molecule has 16 nitrogen and oxygen atoms in total. The first-order valence-corrected chi connectivity index (χ1v) is 25.7. The van der Waals surface area contributed by atoms with Gasteiger partial charge in [-0.05, 0) is 184 Å². The van der Waals surface area contributed by atoms with Gasteiger partial charge in [-0.1, -0.05) is 12.1 Å². The Kier molecular flexibility index (Phi) is 16.6. The van der Waals surface area contributed by atoms with Gasteiger partial charge in [-0.15, -0.1) is 0 Å². The highest BCUT2D eigenvalue weighted by Crippen LogP contribution is 2.36. The van der Waals surface area contributed by atoms with Crippen LogP contribution in [0.5, 0.6) is 0 Å². The Hall–Kier alpha value is -4.96. The lowest BCUT2D eigenvalue weighted by molar-refractivity contribution is 0.0224. The van der Waals surface area contributed by atoms with E-state index in [-0.39, 0.29) is 35.3 Å². The molecule has 0 spiro atoms. The monoisotopic (exact) mass is 975 g/mol. The van der Waals surface area contributed by atoms with Crippen molar-refractivity contribution in [3.63, 3.8) is 0 Å². The van der Waals surface area contributed by atoms with Crippen LogP contribution < -0.4 is 21.3 Å². The highest BCUT2D eigenvalue weighted by molar-refractivity contribution is 5.91. The molecule has 4 heterocycles. The molecule has 4 amide bonds. The molecule has 0 radical (unpaired) electrons. The number of aryl methyl sites for hydroxylation is 2. The largest absolute Gasteiger partial charge is 0.444 e. The number of hydrogen-bond acceptors (Lipinski definition) is 12. The van der Waals surface area contributed by atoms with Crippen LogP contribution in [0, 0.1) is 6.92 Å². The third-order valence-electron chi connectivity index (χ3n) is 14.0. The summed E-state index contributed by atoms with van der Waals surface area (Å²) < 4.78 is 23.1. The molecule has 0 aromatic heterocycles. The van der Waals surface area contributed by atoms with Crippen molar-refractivity contribution in [3.8, 4) is 0 Å². The predicted molar refractivity (Wildman–Crippen MR) is 278 cm³/mol. The van der Waals surface area contributed by atoms with Gasteiger partial charge in [0.2, 0.25) is 0 Å². The summed E-state index contributed by atoms with van der Waals surface area (Å²) >= 11 is 0. The van der Waals surface area contributed by atoms with E-state index >= 15 is 0 Å². The second-order valence-corrected chi connectivity index (χ2v) is 24.4. The molecule has 4 saturated heterocycles. The number of carbonyl (C=O) groups excluding carboxylic acids is 4. The van der Waals surface area contributed by atoms with Crippen LogP contribution in [0.25, 0.3) is 0 Å². The standard InChI is InChI=1S/C54H86N8O8/c1-37-15-17-42(43(33-37)56-40-22-29-62(30-23-40)54(14)26-32-60(36-54)48(66)70-51(8,9)10)57-46(64)68-52(11,12)24-19-38-16-18-41(44(34-38)58-45(63)67-49(2,3)4)55-39-20-27-61(28-21-39)53(13)25-31-59(35-53)47(65)69-50(5,6)7/h15-18,33-34,39-40,55-56H,19-32,35-36H2,1-14H3,(H,57,64)(H,58,63). The van der Waals surface area contributed by atoms with E-state index in [9.17, 15) is 19.2 Å². The van der Waals surface area contributed by atoms with E-state index in [0.29, 0.717) is 50.4 Å². The summed E-state index contributed by atoms with van der Waals surface area (Å²) in [4.78, 5) is 61.1. The molecule has 4 aliphatic rings. The number of benzene rings is 2. The summed E-state index contributed by atoms with van der Waals surface area (Å²) in [5.41, 5.74) is 2.27. The molecule has 2 aromatic carbocycles. The van der Waals surface area contributed by atoms with Crippen molar-refractivity contribution in [3.05, 3.63) is 47.5 Å². The van der Waals surface area contributed by atoms with E-state index < -0.39 is 34.6 Å². The number of hydrogen-bond donors (Lipinski definition) is 4. The SMILES string of the molecule is Cc1ccc(NC(=O)OC(C)(C)CCc2ccc(NC3CCN(C4(C)CCN(C(=O)OC(C)(C)C)C4)CC3)c(NC(=O)OC(C)(C)C)c2)c(NC2CCN(C3(C)CCN(C(=O)OC(C)(C)C)C3)CC2)c1. The molecule has 2 aromatic rings. The minimum absolute atomic E-state index is 0.0981. The topological polar surface area (TPSA) is 166 Å². The number of nitrogens with one attached hydrogen (secondary N) is 4. The van der Waals surface area contributed by atoms with Gasteiger partial charge in [-0.25, -0.2) is 19.2 Å². The molecular formula is C54H86N8O8. The maximum Gasteiger partial charge on any atom is 0.412 e. The summed E-state index contributed by atoms with van der Waals surface area (Å²) in [5.74, 6) is 0. The molecule has 390 valence electrons. The summed E-state index contributed by atoms with van der Waals surface area (Å²) in [6.07, 6.45) is 5.04. The molecule has 4 N–H and O–H groups in total. The first kappa shape index (κ1) is 54.4. The van der Waals surface area contributed by atoms with E-state index in [1.807, 2.05) is 117 Å². The van der Waals surface area contributed by atoms with Crippen LogP contribution in [-0.2, 0) is 25.4 Å². The maximum absolute atomic E-state index is 13.6. The number of carbonyl (C=O) groups is 4. The van der Waals surface area contributed by atoms with Crippen molar-refractivity contribution in [1.29, 1.82) is 0 Å². The number of likely N-dealkylation sites (tertiary alicyclic amines) is 4. The predicted octanol–water partition coefficient (Wildman–Crippen LogP) is 10.9. The van der Waals surface area contributed by atoms with E-state index in [1.54, 1.807) is 0 Å². The second-order valence-electron chi connectivity index (χ2n) is 24.4. The van der Waals surface area contributed by atoms with Gasteiger partial charge in [0.05, 0.1) is 22.7 Å². The smallest absolute Gasteiger partial charge is 0.412 e. The fourth-order valence-corrected chi connectivity index (χ4v) is 10.1. The van der Waals surface area contributed by atoms with Crippen molar-refractivity contribution in [2.45, 2.75) is 194 Å². The average Bonchev–Trinajstić information content (AvgIpc) is 3.85. The van der Waals surface area contributed by atoms with Crippen LogP contribution in [0.2, 0.25) is 0 Å². The Bertz CT molecular complexity index is 2160. The van der Waals surface area contributed by atoms with E-state index in [0.717, 1.165) is 87.2 Å². The van der Waals surface area contributed by atoms with Crippen molar-refractivity contribution in [2.75, 3.05) is 73.6 Å². The Morgan fingerprint density at radius 3 is 1.49 bits per heavy atom. The van der Waals surface area contributed by atoms with Gasteiger partial charge >= 0.3 is 24.4 Å². The fourth-order valence-electron chi connectivity index (χ4n) is 10.1. The lowest BCUT2D eigenvalue weighted by atomic mass is 9.93. The summed E-state index contributed by atoms with van der Waals surface area (Å²) in [7, 11) is 0. The number of piperidine rings is 2. The van der Waals surface area contributed by atoms with Crippen LogP contribution >= 0.6 is 0 Å². The molecule has 4 fully saturated rings. The van der Waals surface area contributed by atoms with Crippen LogP contribution in [0.3, 0.4) is 0 Å². The molecule has 0 bridgehead atoms. The molecule has 0 saturated carbocycles. The molecule has 70 heavy (non-hydrogen) atoms. The van der Waals surface area contributed by atoms with Crippen LogP contribution in [-0.4, -0.2) is 142 Å². The second kappa shape index (κ2) is 21.4. The summed E-state index contributed by atoms with van der Waals surface area (Å²) in [6, 6.07) is 12.4. The van der Waals surface area contributed by atoms with E-state index in [2.05, 4.69) is 57.0 Å². The molecule has 16 heteroatoms. The zero-order valence-electron chi connectivity index (χ0n) is 45.0.